The van der Waals surface area contributed by atoms with E-state index < -0.39 is 26.6 Å². The van der Waals surface area contributed by atoms with Crippen LogP contribution < -0.4 is 0 Å². The first-order valence-electron chi connectivity index (χ1n) is 7.86. The van der Waals surface area contributed by atoms with Crippen LogP contribution >= 0.6 is 0 Å². The highest BCUT2D eigenvalue weighted by molar-refractivity contribution is 7.89. The van der Waals surface area contributed by atoms with Gasteiger partial charge in [-0.15, -0.1) is 0 Å². The Morgan fingerprint density at radius 1 is 1.00 bits per heavy atom. The molecule has 1 aliphatic rings. The summed E-state index contributed by atoms with van der Waals surface area (Å²) in [4.78, 5) is 13.5. The van der Waals surface area contributed by atoms with Gasteiger partial charge in [-0.25, -0.2) is 12.8 Å². The maximum atomic E-state index is 13.8. The summed E-state index contributed by atoms with van der Waals surface area (Å²) in [6.45, 7) is 0.238. The first-order chi connectivity index (χ1) is 12.3. The summed E-state index contributed by atoms with van der Waals surface area (Å²) in [5.41, 5.74) is 0.0215. The number of phenols is 2. The Hall–Kier alpha value is -2.65. The number of piperazine rings is 1. The third-order valence-electron chi connectivity index (χ3n) is 4.19. The molecule has 1 heterocycles. The number of nitrogens with zero attached hydrogens (tertiary/aromatic N) is 2. The van der Waals surface area contributed by atoms with Crippen molar-refractivity contribution in [3.8, 4) is 11.5 Å². The van der Waals surface area contributed by atoms with Crippen molar-refractivity contribution in [3.63, 3.8) is 0 Å². The lowest BCUT2D eigenvalue weighted by Crippen LogP contribution is -2.50. The number of benzene rings is 2. The highest BCUT2D eigenvalue weighted by atomic mass is 32.2. The third kappa shape index (κ3) is 3.35. The van der Waals surface area contributed by atoms with Gasteiger partial charge in [-0.2, -0.15) is 4.31 Å². The van der Waals surface area contributed by atoms with Gasteiger partial charge < -0.3 is 15.1 Å². The number of halogens is 1. The molecule has 0 atom stereocenters. The minimum atomic E-state index is -3.98. The van der Waals surface area contributed by atoms with Crippen molar-refractivity contribution in [2.24, 2.45) is 0 Å². The fourth-order valence-corrected chi connectivity index (χ4v) is 4.28. The number of rotatable bonds is 3. The van der Waals surface area contributed by atoms with E-state index in [-0.39, 0.29) is 43.2 Å². The van der Waals surface area contributed by atoms with Gasteiger partial charge in [0.1, 0.15) is 22.2 Å². The average molecular weight is 380 g/mol. The van der Waals surface area contributed by atoms with E-state index in [9.17, 15) is 27.8 Å². The molecule has 26 heavy (non-hydrogen) atoms. The van der Waals surface area contributed by atoms with Crippen molar-refractivity contribution >= 4 is 15.9 Å². The quantitative estimate of drug-likeness (QED) is 0.838. The lowest BCUT2D eigenvalue weighted by molar-refractivity contribution is 0.0694. The van der Waals surface area contributed by atoms with Crippen LogP contribution in [-0.4, -0.2) is 59.9 Å². The second-order valence-electron chi connectivity index (χ2n) is 5.83. The molecule has 0 bridgehead atoms. The Bertz CT molecular complexity index is 940. The lowest BCUT2D eigenvalue weighted by Gasteiger charge is -2.34. The highest BCUT2D eigenvalue weighted by Gasteiger charge is 2.32. The first kappa shape index (κ1) is 18.2. The van der Waals surface area contributed by atoms with E-state index in [2.05, 4.69) is 0 Å². The summed E-state index contributed by atoms with van der Waals surface area (Å²) in [6.07, 6.45) is 0. The number of hydrogen-bond acceptors (Lipinski definition) is 5. The number of carbonyl (C=O) groups is 1. The minimum Gasteiger partial charge on any atom is -0.508 e. The van der Waals surface area contributed by atoms with Gasteiger partial charge in [0.2, 0.25) is 10.0 Å². The molecular weight excluding hydrogens is 363 g/mol. The largest absolute Gasteiger partial charge is 0.508 e. The molecule has 9 heteroatoms. The van der Waals surface area contributed by atoms with Gasteiger partial charge in [0.25, 0.3) is 5.91 Å². The Labute approximate surface area is 150 Å². The van der Waals surface area contributed by atoms with E-state index in [1.54, 1.807) is 0 Å². The maximum Gasteiger partial charge on any atom is 0.257 e. The van der Waals surface area contributed by atoms with Crippen LogP contribution in [0.25, 0.3) is 0 Å². The van der Waals surface area contributed by atoms with E-state index in [4.69, 9.17) is 0 Å². The van der Waals surface area contributed by atoms with Crippen LogP contribution in [-0.2, 0) is 10.0 Å². The molecule has 0 aliphatic carbocycles. The SMILES string of the molecule is O=C(c1ccc(O)cc1O)N1CCN(S(=O)(=O)c2ccccc2F)CC1. The topological polar surface area (TPSA) is 98.2 Å². The number of amides is 1. The van der Waals surface area contributed by atoms with Crippen LogP contribution in [0.1, 0.15) is 10.4 Å². The smallest absolute Gasteiger partial charge is 0.257 e. The molecular formula is C17H17FN2O5S. The average Bonchev–Trinajstić information content (AvgIpc) is 2.61. The van der Waals surface area contributed by atoms with E-state index in [0.29, 0.717) is 0 Å². The number of hydrogen-bond donors (Lipinski definition) is 2. The van der Waals surface area contributed by atoms with Crippen LogP contribution in [0.3, 0.4) is 0 Å². The van der Waals surface area contributed by atoms with E-state index in [0.717, 1.165) is 16.4 Å². The summed E-state index contributed by atoms with van der Waals surface area (Å²) in [6, 6.07) is 8.79. The van der Waals surface area contributed by atoms with E-state index >= 15 is 0 Å². The first-order valence-corrected chi connectivity index (χ1v) is 9.30. The zero-order chi connectivity index (χ0) is 18.9. The molecule has 2 aromatic rings. The Morgan fingerprint density at radius 3 is 2.27 bits per heavy atom. The molecule has 7 nitrogen and oxygen atoms in total. The van der Waals surface area contributed by atoms with Gasteiger partial charge >= 0.3 is 0 Å². The van der Waals surface area contributed by atoms with Crippen LogP contribution in [0.4, 0.5) is 4.39 Å². The Morgan fingerprint density at radius 2 is 1.65 bits per heavy atom. The summed E-state index contributed by atoms with van der Waals surface area (Å²) in [7, 11) is -3.98. The summed E-state index contributed by atoms with van der Waals surface area (Å²) in [5.74, 6) is -1.80. The number of aromatic hydroxyl groups is 2. The second kappa shape index (κ2) is 6.93. The molecule has 0 unspecified atom stereocenters. The van der Waals surface area contributed by atoms with Crippen molar-refractivity contribution in [2.75, 3.05) is 26.2 Å². The molecule has 0 aromatic heterocycles. The standard InChI is InChI=1S/C17H17FN2O5S/c18-14-3-1-2-4-16(14)26(24,25)20-9-7-19(8-10-20)17(23)13-6-5-12(21)11-15(13)22/h1-6,11,21-22H,7-10H2. The molecule has 138 valence electrons. The zero-order valence-corrected chi connectivity index (χ0v) is 14.5. The highest BCUT2D eigenvalue weighted by Crippen LogP contribution is 2.25. The Balaban J connectivity index is 1.73. The second-order valence-corrected chi connectivity index (χ2v) is 7.73. The molecule has 0 spiro atoms. The van der Waals surface area contributed by atoms with Crippen molar-refractivity contribution < 1.29 is 27.8 Å². The summed E-state index contributed by atoms with van der Waals surface area (Å²) < 4.78 is 40.1. The maximum absolute atomic E-state index is 13.8. The minimum absolute atomic E-state index is 0.0151. The van der Waals surface area contributed by atoms with Gasteiger partial charge in [-0.1, -0.05) is 12.1 Å². The van der Waals surface area contributed by atoms with Gasteiger partial charge in [0.05, 0.1) is 5.56 Å². The summed E-state index contributed by atoms with van der Waals surface area (Å²) in [5, 5.41) is 19.1. The van der Waals surface area contributed by atoms with Crippen LogP contribution in [0.15, 0.2) is 47.4 Å². The van der Waals surface area contributed by atoms with Crippen molar-refractivity contribution in [2.45, 2.75) is 4.90 Å². The van der Waals surface area contributed by atoms with Gasteiger partial charge in [-0.05, 0) is 24.3 Å². The van der Waals surface area contributed by atoms with Crippen LogP contribution in [0.5, 0.6) is 11.5 Å². The van der Waals surface area contributed by atoms with Crippen molar-refractivity contribution in [1.82, 2.24) is 9.21 Å². The number of sulfonamides is 1. The third-order valence-corrected chi connectivity index (χ3v) is 6.12. The molecule has 1 fully saturated rings. The fourth-order valence-electron chi connectivity index (χ4n) is 2.80. The van der Waals surface area contributed by atoms with Gasteiger partial charge in [0.15, 0.2) is 0 Å². The fraction of sp³-hybridized carbons (Fsp3) is 0.235. The number of phenolic OH excluding ortho intramolecular Hbond substituents is 2. The van der Waals surface area contributed by atoms with Gasteiger partial charge in [0, 0.05) is 32.2 Å². The monoisotopic (exact) mass is 380 g/mol. The van der Waals surface area contributed by atoms with Crippen molar-refractivity contribution in [1.29, 1.82) is 0 Å². The van der Waals surface area contributed by atoms with Crippen LogP contribution in [0.2, 0.25) is 0 Å². The normalized spacial score (nSPS) is 15.8. The predicted octanol–water partition coefficient (Wildman–Crippen LogP) is 1.38. The van der Waals surface area contributed by atoms with E-state index in [1.807, 2.05) is 0 Å². The van der Waals surface area contributed by atoms with Crippen molar-refractivity contribution in [3.05, 3.63) is 53.8 Å². The molecule has 1 amide bonds. The molecule has 2 aromatic carbocycles. The summed E-state index contributed by atoms with van der Waals surface area (Å²) >= 11 is 0. The number of carbonyl (C=O) groups excluding carboxylic acids is 1. The molecule has 0 saturated carbocycles. The Kier molecular flexibility index (Phi) is 4.84. The molecule has 3 rings (SSSR count). The molecule has 2 N–H and O–H groups in total. The lowest BCUT2D eigenvalue weighted by atomic mass is 10.1. The molecule has 1 saturated heterocycles. The van der Waals surface area contributed by atoms with E-state index in [1.165, 1.54) is 35.2 Å². The molecule has 0 radical (unpaired) electrons. The van der Waals surface area contributed by atoms with Crippen LogP contribution in [0, 0.1) is 5.82 Å². The molecule has 1 aliphatic heterocycles. The predicted molar refractivity (Wildman–Crippen MR) is 90.8 cm³/mol. The van der Waals surface area contributed by atoms with Gasteiger partial charge in [-0.3, -0.25) is 4.79 Å². The zero-order valence-electron chi connectivity index (χ0n) is 13.7.